The van der Waals surface area contributed by atoms with Crippen molar-refractivity contribution in [2.24, 2.45) is 11.7 Å². The highest BCUT2D eigenvalue weighted by Gasteiger charge is 2.28. The van der Waals surface area contributed by atoms with E-state index >= 15 is 0 Å². The first kappa shape index (κ1) is 12.4. The molecule has 0 aliphatic carbocycles. The van der Waals surface area contributed by atoms with Crippen molar-refractivity contribution in [1.82, 2.24) is 0 Å². The molecule has 1 fully saturated rings. The fraction of sp³-hybridized carbons (Fsp3) is 0.571. The van der Waals surface area contributed by atoms with Crippen molar-refractivity contribution in [1.29, 1.82) is 0 Å². The Morgan fingerprint density at radius 1 is 1.35 bits per heavy atom. The lowest BCUT2D eigenvalue weighted by molar-refractivity contribution is 0.0924. The molecule has 2 unspecified atom stereocenters. The fourth-order valence-corrected chi connectivity index (χ4v) is 2.22. The summed E-state index contributed by atoms with van der Waals surface area (Å²) in [6.07, 6.45) is 2.26. The lowest BCUT2D eigenvalue weighted by atomic mass is 9.95. The lowest BCUT2D eigenvalue weighted by Crippen LogP contribution is -2.17. The number of hydrogen-bond acceptors (Lipinski definition) is 3. The van der Waals surface area contributed by atoms with Gasteiger partial charge in [-0.05, 0) is 37.1 Å². The van der Waals surface area contributed by atoms with Crippen LogP contribution in [0.1, 0.15) is 31.4 Å². The number of hydrogen-bond donors (Lipinski definition) is 1. The van der Waals surface area contributed by atoms with E-state index in [0.29, 0.717) is 12.5 Å². The van der Waals surface area contributed by atoms with Gasteiger partial charge < -0.3 is 15.2 Å². The van der Waals surface area contributed by atoms with Gasteiger partial charge in [0.1, 0.15) is 5.75 Å². The van der Waals surface area contributed by atoms with Gasteiger partial charge in [0.15, 0.2) is 0 Å². The maximum Gasteiger partial charge on any atom is 0.119 e. The molecular formula is C14H21NO2. The molecule has 2 rings (SSSR count). The van der Waals surface area contributed by atoms with Crippen molar-refractivity contribution in [2.45, 2.75) is 25.9 Å². The van der Waals surface area contributed by atoms with Crippen molar-refractivity contribution in [3.8, 4) is 5.75 Å². The normalized spacial score (nSPS) is 23.9. The van der Waals surface area contributed by atoms with Gasteiger partial charge in [-0.25, -0.2) is 0 Å². The van der Waals surface area contributed by atoms with Gasteiger partial charge in [0.05, 0.1) is 12.7 Å². The quantitative estimate of drug-likeness (QED) is 0.853. The van der Waals surface area contributed by atoms with Gasteiger partial charge in [-0.1, -0.05) is 19.1 Å². The predicted molar refractivity (Wildman–Crippen MR) is 68.1 cm³/mol. The molecule has 17 heavy (non-hydrogen) atoms. The first-order valence-electron chi connectivity index (χ1n) is 6.39. The van der Waals surface area contributed by atoms with E-state index in [1.807, 2.05) is 12.1 Å². The van der Waals surface area contributed by atoms with E-state index in [2.05, 4.69) is 19.1 Å². The molecule has 0 bridgehead atoms. The zero-order valence-electron chi connectivity index (χ0n) is 10.4. The van der Waals surface area contributed by atoms with E-state index in [-0.39, 0.29) is 6.10 Å². The summed E-state index contributed by atoms with van der Waals surface area (Å²) in [5.74, 6) is 1.38. The second kappa shape index (κ2) is 6.03. The summed E-state index contributed by atoms with van der Waals surface area (Å²) in [6.45, 7) is 4.39. The minimum Gasteiger partial charge on any atom is -0.494 e. The van der Waals surface area contributed by atoms with Gasteiger partial charge in [0.2, 0.25) is 0 Å². The van der Waals surface area contributed by atoms with E-state index in [1.165, 1.54) is 5.56 Å². The first-order chi connectivity index (χ1) is 8.35. The third kappa shape index (κ3) is 2.99. The van der Waals surface area contributed by atoms with Crippen molar-refractivity contribution < 1.29 is 9.47 Å². The molecule has 1 aromatic carbocycles. The van der Waals surface area contributed by atoms with Gasteiger partial charge >= 0.3 is 0 Å². The Bertz CT molecular complexity index is 337. The molecule has 0 radical (unpaired) electrons. The van der Waals surface area contributed by atoms with Crippen LogP contribution in [0.4, 0.5) is 0 Å². The van der Waals surface area contributed by atoms with E-state index in [1.54, 1.807) is 0 Å². The summed E-state index contributed by atoms with van der Waals surface area (Å²) in [5, 5.41) is 0. The summed E-state index contributed by atoms with van der Waals surface area (Å²) < 4.78 is 11.3. The molecule has 0 saturated carbocycles. The van der Waals surface area contributed by atoms with Crippen LogP contribution >= 0.6 is 0 Å². The highest BCUT2D eigenvalue weighted by atomic mass is 16.5. The SMILES string of the molecule is CCCOc1ccc(C2OCCC2CN)cc1. The van der Waals surface area contributed by atoms with Crippen LogP contribution in [0, 0.1) is 5.92 Å². The van der Waals surface area contributed by atoms with Gasteiger partial charge in [0, 0.05) is 12.5 Å². The summed E-state index contributed by atoms with van der Waals surface area (Å²) in [5.41, 5.74) is 6.96. The van der Waals surface area contributed by atoms with E-state index in [9.17, 15) is 0 Å². The Hall–Kier alpha value is -1.06. The molecule has 94 valence electrons. The average molecular weight is 235 g/mol. The maximum absolute atomic E-state index is 5.75. The number of rotatable bonds is 5. The summed E-state index contributed by atoms with van der Waals surface area (Å²) >= 11 is 0. The first-order valence-corrected chi connectivity index (χ1v) is 6.39. The standard InChI is InChI=1S/C14H21NO2/c1-2-8-16-13-5-3-11(4-6-13)14-12(10-15)7-9-17-14/h3-6,12,14H,2,7-10,15H2,1H3. The zero-order valence-corrected chi connectivity index (χ0v) is 10.4. The predicted octanol–water partition coefficient (Wildman–Crippen LogP) is 2.51. The van der Waals surface area contributed by atoms with Crippen LogP contribution in [0.5, 0.6) is 5.75 Å². The van der Waals surface area contributed by atoms with Crippen molar-refractivity contribution in [3.63, 3.8) is 0 Å². The van der Waals surface area contributed by atoms with E-state index < -0.39 is 0 Å². The van der Waals surface area contributed by atoms with Crippen molar-refractivity contribution >= 4 is 0 Å². The smallest absolute Gasteiger partial charge is 0.119 e. The van der Waals surface area contributed by atoms with Crippen molar-refractivity contribution in [2.75, 3.05) is 19.8 Å². The Kier molecular flexibility index (Phi) is 4.40. The highest BCUT2D eigenvalue weighted by molar-refractivity contribution is 5.29. The Morgan fingerprint density at radius 2 is 2.12 bits per heavy atom. The summed E-state index contributed by atoms with van der Waals surface area (Å²) in [6, 6.07) is 8.20. The van der Waals surface area contributed by atoms with Crippen LogP contribution in [0.25, 0.3) is 0 Å². The molecule has 3 nitrogen and oxygen atoms in total. The number of ether oxygens (including phenoxy) is 2. The van der Waals surface area contributed by atoms with E-state index in [4.69, 9.17) is 15.2 Å². The number of nitrogens with two attached hydrogens (primary N) is 1. The Morgan fingerprint density at radius 3 is 2.76 bits per heavy atom. The van der Waals surface area contributed by atoms with Gasteiger partial charge in [-0.2, -0.15) is 0 Å². The lowest BCUT2D eigenvalue weighted by Gasteiger charge is -2.17. The van der Waals surface area contributed by atoms with Crippen molar-refractivity contribution in [3.05, 3.63) is 29.8 Å². The van der Waals surface area contributed by atoms with Crippen LogP contribution in [-0.2, 0) is 4.74 Å². The largest absolute Gasteiger partial charge is 0.494 e. The zero-order chi connectivity index (χ0) is 12.1. The third-order valence-electron chi connectivity index (χ3n) is 3.20. The molecule has 0 aromatic heterocycles. The van der Waals surface area contributed by atoms with Crippen LogP contribution < -0.4 is 10.5 Å². The molecule has 1 aliphatic heterocycles. The molecule has 1 heterocycles. The molecule has 3 heteroatoms. The molecule has 1 aromatic rings. The van der Waals surface area contributed by atoms with Gasteiger partial charge in [-0.3, -0.25) is 0 Å². The third-order valence-corrected chi connectivity index (χ3v) is 3.20. The molecular weight excluding hydrogens is 214 g/mol. The Labute approximate surface area is 103 Å². The van der Waals surface area contributed by atoms with Gasteiger partial charge in [0.25, 0.3) is 0 Å². The van der Waals surface area contributed by atoms with Crippen LogP contribution in [0.3, 0.4) is 0 Å². The summed E-state index contributed by atoms with van der Waals surface area (Å²) in [4.78, 5) is 0. The van der Waals surface area contributed by atoms with Gasteiger partial charge in [-0.15, -0.1) is 0 Å². The highest BCUT2D eigenvalue weighted by Crippen LogP contribution is 2.34. The Balaban J connectivity index is 2.01. The van der Waals surface area contributed by atoms with E-state index in [0.717, 1.165) is 31.8 Å². The molecule has 0 spiro atoms. The fourth-order valence-electron chi connectivity index (χ4n) is 2.22. The maximum atomic E-state index is 5.75. The molecule has 0 amide bonds. The minimum absolute atomic E-state index is 0.167. The molecule has 1 aliphatic rings. The molecule has 2 N–H and O–H groups in total. The summed E-state index contributed by atoms with van der Waals surface area (Å²) in [7, 11) is 0. The minimum atomic E-state index is 0.167. The average Bonchev–Trinajstić information content (AvgIpc) is 2.85. The molecule has 1 saturated heterocycles. The van der Waals surface area contributed by atoms with Crippen LogP contribution in [0.15, 0.2) is 24.3 Å². The second-order valence-corrected chi connectivity index (χ2v) is 4.49. The van der Waals surface area contributed by atoms with Crippen LogP contribution in [-0.4, -0.2) is 19.8 Å². The van der Waals surface area contributed by atoms with Crippen LogP contribution in [0.2, 0.25) is 0 Å². The second-order valence-electron chi connectivity index (χ2n) is 4.49. The monoisotopic (exact) mass is 235 g/mol. The topological polar surface area (TPSA) is 44.5 Å². The molecule has 2 atom stereocenters. The number of benzene rings is 1.